The molecule has 3 rings (SSSR count). The van der Waals surface area contributed by atoms with Crippen molar-refractivity contribution in [3.63, 3.8) is 0 Å². The summed E-state index contributed by atoms with van der Waals surface area (Å²) in [6, 6.07) is 15.1. The summed E-state index contributed by atoms with van der Waals surface area (Å²) < 4.78 is 10.9. The maximum Gasteiger partial charge on any atom is 0.191 e. The molecule has 1 aliphatic rings. The van der Waals surface area contributed by atoms with Crippen LogP contribution in [-0.4, -0.2) is 57.9 Å². The van der Waals surface area contributed by atoms with Crippen molar-refractivity contribution in [3.8, 4) is 5.75 Å². The van der Waals surface area contributed by atoms with Crippen molar-refractivity contribution in [2.75, 3.05) is 47.0 Å². The van der Waals surface area contributed by atoms with E-state index in [2.05, 4.69) is 64.7 Å². The zero-order chi connectivity index (χ0) is 21.3. The smallest absolute Gasteiger partial charge is 0.191 e. The first-order valence-electron chi connectivity index (χ1n) is 10.6. The molecule has 6 nitrogen and oxygen atoms in total. The van der Waals surface area contributed by atoms with Crippen molar-refractivity contribution in [3.05, 3.63) is 64.7 Å². The topological polar surface area (TPSA) is 58.1 Å². The number of ether oxygens (including phenoxy) is 2. The van der Waals surface area contributed by atoms with Crippen LogP contribution in [0.4, 0.5) is 0 Å². The van der Waals surface area contributed by atoms with Gasteiger partial charge in [-0.25, -0.2) is 0 Å². The minimum Gasteiger partial charge on any atom is -0.497 e. The van der Waals surface area contributed by atoms with Crippen molar-refractivity contribution in [1.82, 2.24) is 15.5 Å². The zero-order valence-electron chi connectivity index (χ0n) is 19.0. The first kappa shape index (κ1) is 25.4. The first-order valence-corrected chi connectivity index (χ1v) is 10.6. The summed E-state index contributed by atoms with van der Waals surface area (Å²) >= 11 is 0. The molecule has 2 aromatic carbocycles. The summed E-state index contributed by atoms with van der Waals surface area (Å²) in [5.74, 6) is 1.68. The summed E-state index contributed by atoms with van der Waals surface area (Å²) in [5.41, 5.74) is 5.12. The number of morpholine rings is 1. The van der Waals surface area contributed by atoms with Crippen LogP contribution >= 0.6 is 24.0 Å². The van der Waals surface area contributed by atoms with Crippen molar-refractivity contribution in [2.24, 2.45) is 4.99 Å². The van der Waals surface area contributed by atoms with Crippen LogP contribution in [-0.2, 0) is 11.3 Å². The molecular formula is C24H35IN4O2. The number of rotatable bonds is 7. The third-order valence-corrected chi connectivity index (χ3v) is 5.62. The number of guanidine groups is 1. The Morgan fingerprint density at radius 2 is 1.81 bits per heavy atom. The van der Waals surface area contributed by atoms with E-state index in [1.165, 1.54) is 22.3 Å². The second-order valence-electron chi connectivity index (χ2n) is 7.67. The van der Waals surface area contributed by atoms with Crippen LogP contribution < -0.4 is 15.4 Å². The molecule has 1 fully saturated rings. The first-order chi connectivity index (χ1) is 14.6. The maximum atomic E-state index is 5.56. The Morgan fingerprint density at radius 1 is 1.10 bits per heavy atom. The van der Waals surface area contributed by atoms with Crippen molar-refractivity contribution < 1.29 is 9.47 Å². The summed E-state index contributed by atoms with van der Waals surface area (Å²) in [6.07, 6.45) is 0. The predicted octanol–water partition coefficient (Wildman–Crippen LogP) is 3.67. The van der Waals surface area contributed by atoms with E-state index in [0.717, 1.165) is 51.1 Å². The Bertz CT molecular complexity index is 836. The van der Waals surface area contributed by atoms with Gasteiger partial charge in [-0.15, -0.1) is 24.0 Å². The van der Waals surface area contributed by atoms with Gasteiger partial charge >= 0.3 is 0 Å². The number of benzene rings is 2. The fraction of sp³-hybridized carbons (Fsp3) is 0.458. The van der Waals surface area contributed by atoms with Gasteiger partial charge in [0.05, 0.1) is 26.4 Å². The van der Waals surface area contributed by atoms with Crippen LogP contribution in [0.15, 0.2) is 47.5 Å². The number of nitrogens with zero attached hydrogens (tertiary/aromatic N) is 2. The normalized spacial score (nSPS) is 15.7. The monoisotopic (exact) mass is 538 g/mol. The third-order valence-electron chi connectivity index (χ3n) is 5.62. The number of nitrogens with one attached hydrogen (secondary N) is 2. The lowest BCUT2D eigenvalue weighted by Crippen LogP contribution is -2.46. The second-order valence-corrected chi connectivity index (χ2v) is 7.67. The number of aryl methyl sites for hydroxylation is 2. The average molecular weight is 538 g/mol. The minimum atomic E-state index is 0. The fourth-order valence-corrected chi connectivity index (χ4v) is 3.81. The van der Waals surface area contributed by atoms with Crippen molar-refractivity contribution in [1.29, 1.82) is 0 Å². The van der Waals surface area contributed by atoms with Crippen LogP contribution in [0.5, 0.6) is 5.75 Å². The molecule has 0 spiro atoms. The average Bonchev–Trinajstić information content (AvgIpc) is 2.78. The molecule has 170 valence electrons. The minimum absolute atomic E-state index is 0. The lowest BCUT2D eigenvalue weighted by molar-refractivity contribution is 0.0170. The van der Waals surface area contributed by atoms with Gasteiger partial charge in [-0.05, 0) is 42.7 Å². The summed E-state index contributed by atoms with van der Waals surface area (Å²) in [6.45, 7) is 9.17. The molecule has 1 atom stereocenters. The number of hydrogen-bond donors (Lipinski definition) is 2. The molecule has 31 heavy (non-hydrogen) atoms. The fourth-order valence-electron chi connectivity index (χ4n) is 3.81. The van der Waals surface area contributed by atoms with Crippen LogP contribution in [0.2, 0.25) is 0 Å². The molecule has 0 saturated carbocycles. The van der Waals surface area contributed by atoms with E-state index in [0.29, 0.717) is 0 Å². The highest BCUT2D eigenvalue weighted by atomic mass is 127. The second kappa shape index (κ2) is 12.9. The van der Waals surface area contributed by atoms with E-state index in [1.54, 1.807) is 7.11 Å². The molecule has 0 bridgehead atoms. The zero-order valence-corrected chi connectivity index (χ0v) is 21.3. The van der Waals surface area contributed by atoms with Gasteiger partial charge in [-0.3, -0.25) is 9.89 Å². The van der Waals surface area contributed by atoms with Crippen LogP contribution in [0.1, 0.15) is 28.3 Å². The maximum absolute atomic E-state index is 5.56. The van der Waals surface area contributed by atoms with Crippen molar-refractivity contribution >= 4 is 29.9 Å². The Balaban J connectivity index is 0.00000341. The SMILES string of the molecule is CN=C(NCc1ccc(C)cc1C)NCC(c1ccc(OC)cc1)N1CCOCC1.I. The van der Waals surface area contributed by atoms with E-state index < -0.39 is 0 Å². The Kier molecular flexibility index (Phi) is 10.6. The number of aliphatic imine (C=N–C) groups is 1. The van der Waals surface area contributed by atoms with Gasteiger partial charge in [-0.1, -0.05) is 35.9 Å². The molecular weight excluding hydrogens is 503 g/mol. The van der Waals surface area contributed by atoms with Crippen LogP contribution in [0.3, 0.4) is 0 Å². The highest BCUT2D eigenvalue weighted by Gasteiger charge is 2.23. The predicted molar refractivity (Wildman–Crippen MR) is 138 cm³/mol. The Hall–Kier alpha value is -1.84. The molecule has 1 saturated heterocycles. The number of methoxy groups -OCH3 is 1. The van der Waals surface area contributed by atoms with Gasteiger partial charge in [0.25, 0.3) is 0 Å². The summed E-state index contributed by atoms with van der Waals surface area (Å²) in [5, 5.41) is 6.97. The Morgan fingerprint density at radius 3 is 2.42 bits per heavy atom. The standard InChI is InChI=1S/C24H34N4O2.HI/c1-18-5-6-21(19(2)15-18)16-26-24(25-3)27-17-23(28-11-13-30-14-12-28)20-7-9-22(29-4)10-8-20;/h5-10,15,23H,11-14,16-17H2,1-4H3,(H2,25,26,27);1H. The van der Waals surface area contributed by atoms with Gasteiger partial charge in [-0.2, -0.15) is 0 Å². The van der Waals surface area contributed by atoms with Gasteiger partial charge < -0.3 is 20.1 Å². The molecule has 1 aliphatic heterocycles. The highest BCUT2D eigenvalue weighted by Crippen LogP contribution is 2.23. The van der Waals surface area contributed by atoms with Crippen LogP contribution in [0, 0.1) is 13.8 Å². The van der Waals surface area contributed by atoms with E-state index >= 15 is 0 Å². The molecule has 2 aromatic rings. The van der Waals surface area contributed by atoms with E-state index in [-0.39, 0.29) is 30.0 Å². The van der Waals surface area contributed by atoms with Gasteiger partial charge in [0, 0.05) is 33.2 Å². The lowest BCUT2D eigenvalue weighted by Gasteiger charge is -2.35. The Labute approximate surface area is 203 Å². The van der Waals surface area contributed by atoms with Crippen molar-refractivity contribution in [2.45, 2.75) is 26.4 Å². The molecule has 0 amide bonds. The largest absolute Gasteiger partial charge is 0.497 e. The molecule has 7 heteroatoms. The summed E-state index contributed by atoms with van der Waals surface area (Å²) in [7, 11) is 3.51. The van der Waals surface area contributed by atoms with Crippen LogP contribution in [0.25, 0.3) is 0 Å². The summed E-state index contributed by atoms with van der Waals surface area (Å²) in [4.78, 5) is 6.89. The third kappa shape index (κ3) is 7.36. The lowest BCUT2D eigenvalue weighted by atomic mass is 10.0. The molecule has 1 unspecified atom stereocenters. The number of halogens is 1. The van der Waals surface area contributed by atoms with Gasteiger partial charge in [0.15, 0.2) is 5.96 Å². The van der Waals surface area contributed by atoms with Gasteiger partial charge in [0.2, 0.25) is 0 Å². The molecule has 2 N–H and O–H groups in total. The molecule has 0 radical (unpaired) electrons. The van der Waals surface area contributed by atoms with E-state index in [9.17, 15) is 0 Å². The van der Waals surface area contributed by atoms with Gasteiger partial charge in [0.1, 0.15) is 5.75 Å². The molecule has 0 aliphatic carbocycles. The van der Waals surface area contributed by atoms with E-state index in [4.69, 9.17) is 9.47 Å². The quantitative estimate of drug-likeness (QED) is 0.320. The van der Waals surface area contributed by atoms with E-state index in [1.807, 2.05) is 19.2 Å². The highest BCUT2D eigenvalue weighted by molar-refractivity contribution is 14.0. The molecule has 0 aromatic heterocycles. The number of hydrogen-bond acceptors (Lipinski definition) is 4. The molecule has 1 heterocycles.